The van der Waals surface area contributed by atoms with Crippen molar-refractivity contribution in [3.05, 3.63) is 40.9 Å². The Bertz CT molecular complexity index is 279. The minimum absolute atomic E-state index is 1.01. The third kappa shape index (κ3) is 2.85. The second kappa shape index (κ2) is 5.16. The van der Waals surface area contributed by atoms with Crippen LogP contribution in [-0.4, -0.2) is 0 Å². The fraction of sp³-hybridized carbons (Fsp3) is 0.462. The quantitative estimate of drug-likeness (QED) is 0.725. The smallest absolute Gasteiger partial charge is 0.0192 e. The molecular weight excluding hydrogens is 170 g/mol. The zero-order valence-corrected chi connectivity index (χ0v) is 9.43. The summed E-state index contributed by atoms with van der Waals surface area (Å²) >= 11 is 0. The van der Waals surface area contributed by atoms with E-state index < -0.39 is 0 Å². The van der Waals surface area contributed by atoms with E-state index in [0.717, 1.165) is 19.3 Å². The van der Waals surface area contributed by atoms with Gasteiger partial charge in [0, 0.05) is 6.54 Å². The molecule has 2 N–H and O–H groups in total. The Labute approximate surface area is 87.3 Å². The van der Waals surface area contributed by atoms with Gasteiger partial charge in [-0.3, -0.25) is 0 Å². The average Bonchev–Trinajstić information content (AvgIpc) is 2.09. The molecule has 0 aliphatic heterocycles. The van der Waals surface area contributed by atoms with Crippen LogP contribution in [0.15, 0.2) is 12.1 Å². The summed E-state index contributed by atoms with van der Waals surface area (Å²) in [6, 6.07) is 4.52. The Morgan fingerprint density at radius 2 is 1.71 bits per heavy atom. The first-order chi connectivity index (χ1) is 6.65. The molecule has 1 rings (SSSR count). The lowest BCUT2D eigenvalue weighted by molar-refractivity contribution is 0.792. The van der Waals surface area contributed by atoms with Crippen molar-refractivity contribution in [2.24, 2.45) is 5.73 Å². The summed E-state index contributed by atoms with van der Waals surface area (Å²) in [5.41, 5.74) is 11.1. The Morgan fingerprint density at radius 3 is 2.21 bits per heavy atom. The van der Waals surface area contributed by atoms with Crippen LogP contribution in [0, 0.1) is 27.3 Å². The monoisotopic (exact) mass is 190 g/mol. The summed E-state index contributed by atoms with van der Waals surface area (Å²) in [5, 5.41) is 0. The van der Waals surface area contributed by atoms with E-state index in [2.05, 4.69) is 32.9 Å². The van der Waals surface area contributed by atoms with Crippen molar-refractivity contribution >= 4 is 0 Å². The van der Waals surface area contributed by atoms with Gasteiger partial charge in [0.15, 0.2) is 0 Å². The standard InChI is InChI=1S/C13H20N/c1-10-8-11(2)13(12(3)9-10)6-4-5-7-14/h7-9H,4-6,14H2,1-3H3. The Hall–Kier alpha value is -0.820. The van der Waals surface area contributed by atoms with Gasteiger partial charge in [-0.25, -0.2) is 0 Å². The lowest BCUT2D eigenvalue weighted by Gasteiger charge is -2.10. The van der Waals surface area contributed by atoms with Crippen molar-refractivity contribution in [2.45, 2.75) is 40.0 Å². The maximum atomic E-state index is 5.37. The van der Waals surface area contributed by atoms with Gasteiger partial charge in [-0.05, 0) is 56.7 Å². The zero-order valence-electron chi connectivity index (χ0n) is 9.43. The maximum Gasteiger partial charge on any atom is 0.0192 e. The second-order valence-electron chi connectivity index (χ2n) is 4.01. The van der Waals surface area contributed by atoms with Crippen molar-refractivity contribution in [3.63, 3.8) is 0 Å². The number of benzene rings is 1. The van der Waals surface area contributed by atoms with Gasteiger partial charge in [-0.1, -0.05) is 17.7 Å². The van der Waals surface area contributed by atoms with Gasteiger partial charge in [-0.2, -0.15) is 0 Å². The van der Waals surface area contributed by atoms with E-state index in [1.807, 2.05) is 0 Å². The van der Waals surface area contributed by atoms with Gasteiger partial charge in [0.25, 0.3) is 0 Å². The van der Waals surface area contributed by atoms with Gasteiger partial charge in [-0.15, -0.1) is 0 Å². The van der Waals surface area contributed by atoms with E-state index in [-0.39, 0.29) is 0 Å². The van der Waals surface area contributed by atoms with Crippen LogP contribution in [0.4, 0.5) is 0 Å². The topological polar surface area (TPSA) is 26.0 Å². The van der Waals surface area contributed by atoms with E-state index in [4.69, 9.17) is 5.73 Å². The van der Waals surface area contributed by atoms with Crippen LogP contribution in [0.2, 0.25) is 0 Å². The molecule has 0 fully saturated rings. The largest absolute Gasteiger partial charge is 0.326 e. The molecule has 1 nitrogen and oxygen atoms in total. The summed E-state index contributed by atoms with van der Waals surface area (Å²) in [6.07, 6.45) is 3.31. The predicted molar refractivity (Wildman–Crippen MR) is 62.1 cm³/mol. The van der Waals surface area contributed by atoms with Crippen LogP contribution in [0.25, 0.3) is 0 Å². The van der Waals surface area contributed by atoms with Crippen LogP contribution < -0.4 is 5.73 Å². The van der Waals surface area contributed by atoms with Crippen LogP contribution >= 0.6 is 0 Å². The molecule has 0 aliphatic rings. The van der Waals surface area contributed by atoms with Gasteiger partial charge in [0.1, 0.15) is 0 Å². The van der Waals surface area contributed by atoms with Crippen molar-refractivity contribution in [3.8, 4) is 0 Å². The lowest BCUT2D eigenvalue weighted by Crippen LogP contribution is -1.97. The summed E-state index contributed by atoms with van der Waals surface area (Å²) < 4.78 is 0. The molecule has 1 radical (unpaired) electrons. The Kier molecular flexibility index (Phi) is 4.15. The minimum atomic E-state index is 1.01. The normalized spacial score (nSPS) is 10.6. The van der Waals surface area contributed by atoms with E-state index >= 15 is 0 Å². The van der Waals surface area contributed by atoms with Gasteiger partial charge >= 0.3 is 0 Å². The van der Waals surface area contributed by atoms with Crippen molar-refractivity contribution < 1.29 is 0 Å². The number of rotatable bonds is 4. The van der Waals surface area contributed by atoms with Crippen LogP contribution in [0.1, 0.15) is 35.1 Å². The van der Waals surface area contributed by atoms with Crippen LogP contribution in [-0.2, 0) is 6.42 Å². The molecule has 0 aliphatic carbocycles. The Balaban J connectivity index is 2.75. The van der Waals surface area contributed by atoms with Crippen molar-refractivity contribution in [2.75, 3.05) is 0 Å². The first-order valence-electron chi connectivity index (χ1n) is 5.25. The summed E-state index contributed by atoms with van der Waals surface area (Å²) in [4.78, 5) is 0. The number of hydrogen-bond donors (Lipinski definition) is 1. The van der Waals surface area contributed by atoms with Crippen LogP contribution in [0.5, 0.6) is 0 Å². The van der Waals surface area contributed by atoms with Gasteiger partial charge in [0.05, 0.1) is 0 Å². The highest BCUT2D eigenvalue weighted by Crippen LogP contribution is 2.18. The molecule has 1 aromatic carbocycles. The SMILES string of the molecule is Cc1cc(C)c(CCC[CH]N)c(C)c1. The number of hydrogen-bond acceptors (Lipinski definition) is 1. The van der Waals surface area contributed by atoms with Crippen molar-refractivity contribution in [1.82, 2.24) is 0 Å². The molecule has 0 heterocycles. The fourth-order valence-electron chi connectivity index (χ4n) is 2.00. The second-order valence-corrected chi connectivity index (χ2v) is 4.01. The highest BCUT2D eigenvalue weighted by Gasteiger charge is 2.02. The molecule has 0 bridgehead atoms. The van der Waals surface area contributed by atoms with Crippen molar-refractivity contribution in [1.29, 1.82) is 0 Å². The number of nitrogens with two attached hydrogens (primary N) is 1. The van der Waals surface area contributed by atoms with Crippen LogP contribution in [0.3, 0.4) is 0 Å². The summed E-state index contributed by atoms with van der Waals surface area (Å²) in [6.45, 7) is 8.29. The first-order valence-corrected chi connectivity index (χ1v) is 5.25. The maximum absolute atomic E-state index is 5.37. The lowest BCUT2D eigenvalue weighted by atomic mass is 9.96. The first kappa shape index (κ1) is 11.3. The third-order valence-corrected chi connectivity index (χ3v) is 2.64. The predicted octanol–water partition coefficient (Wildman–Crippen LogP) is 3.06. The number of unbranched alkanes of at least 4 members (excludes halogenated alkanes) is 1. The highest BCUT2D eigenvalue weighted by atomic mass is 14.5. The van der Waals surface area contributed by atoms with Gasteiger partial charge in [0.2, 0.25) is 0 Å². The fourth-order valence-corrected chi connectivity index (χ4v) is 2.00. The highest BCUT2D eigenvalue weighted by molar-refractivity contribution is 5.37. The summed E-state index contributed by atoms with van der Waals surface area (Å²) in [5.74, 6) is 0. The third-order valence-electron chi connectivity index (χ3n) is 2.64. The van der Waals surface area contributed by atoms with Gasteiger partial charge < -0.3 is 5.73 Å². The minimum Gasteiger partial charge on any atom is -0.326 e. The molecule has 0 atom stereocenters. The summed E-state index contributed by atoms with van der Waals surface area (Å²) in [7, 11) is 0. The molecule has 0 unspecified atom stereocenters. The molecule has 1 aromatic rings. The molecule has 77 valence electrons. The van der Waals surface area contributed by atoms with E-state index in [0.29, 0.717) is 0 Å². The molecular formula is C13H20N. The van der Waals surface area contributed by atoms with E-state index in [1.165, 1.54) is 22.3 Å². The van der Waals surface area contributed by atoms with E-state index in [1.54, 1.807) is 6.54 Å². The average molecular weight is 190 g/mol. The molecule has 0 spiro atoms. The molecule has 0 saturated carbocycles. The molecule has 14 heavy (non-hydrogen) atoms. The zero-order chi connectivity index (χ0) is 10.6. The molecule has 0 saturated heterocycles. The number of aryl methyl sites for hydroxylation is 3. The molecule has 0 aromatic heterocycles. The Morgan fingerprint density at radius 1 is 1.14 bits per heavy atom. The van der Waals surface area contributed by atoms with E-state index in [9.17, 15) is 0 Å². The molecule has 1 heteroatoms. The molecule has 0 amide bonds.